The molecule has 19 heavy (non-hydrogen) atoms. The lowest BCUT2D eigenvalue weighted by Gasteiger charge is -2.21. The van der Waals surface area contributed by atoms with Crippen LogP contribution in [0.2, 0.25) is 0 Å². The van der Waals surface area contributed by atoms with Crippen molar-refractivity contribution in [1.82, 2.24) is 0 Å². The fourth-order valence-corrected chi connectivity index (χ4v) is 1.22. The van der Waals surface area contributed by atoms with Gasteiger partial charge in [0.25, 0.3) is 5.92 Å². The lowest BCUT2D eigenvalue weighted by atomic mass is 10.0. The second kappa shape index (κ2) is 6.36. The second-order valence-electron chi connectivity index (χ2n) is 3.51. The van der Waals surface area contributed by atoms with Gasteiger partial charge in [0.2, 0.25) is 0 Å². The van der Waals surface area contributed by atoms with Crippen molar-refractivity contribution in [1.29, 1.82) is 0 Å². The van der Waals surface area contributed by atoms with Gasteiger partial charge in [0.1, 0.15) is 12.4 Å². The van der Waals surface area contributed by atoms with E-state index < -0.39 is 30.7 Å². The van der Waals surface area contributed by atoms with Gasteiger partial charge < -0.3 is 15.6 Å². The quantitative estimate of drug-likeness (QED) is 0.841. The van der Waals surface area contributed by atoms with E-state index in [1.807, 2.05) is 0 Å². The standard InChI is InChI=1S/C10H10F5NO2.ClH/c11-9(12,5-17)8(16)6-1-3-7(4-2-6)18-10(13,14)15;/h1-4,8,17H,5,16H2;1H/t8-;/m1./s1. The zero-order valence-electron chi connectivity index (χ0n) is 9.32. The number of ether oxygens (including phenoxy) is 1. The summed E-state index contributed by atoms with van der Waals surface area (Å²) < 4.78 is 65.1. The number of halogens is 6. The maximum absolute atomic E-state index is 13.0. The van der Waals surface area contributed by atoms with E-state index in [0.717, 1.165) is 24.3 Å². The van der Waals surface area contributed by atoms with Crippen molar-refractivity contribution in [2.45, 2.75) is 18.3 Å². The van der Waals surface area contributed by atoms with Crippen LogP contribution in [0, 0.1) is 0 Å². The summed E-state index contributed by atoms with van der Waals surface area (Å²) in [5.41, 5.74) is 5.08. The fraction of sp³-hybridized carbons (Fsp3) is 0.400. The molecule has 1 aromatic carbocycles. The van der Waals surface area contributed by atoms with E-state index in [1.165, 1.54) is 0 Å². The van der Waals surface area contributed by atoms with E-state index in [4.69, 9.17) is 10.8 Å². The van der Waals surface area contributed by atoms with Crippen LogP contribution in [0.25, 0.3) is 0 Å². The first-order valence-electron chi connectivity index (χ1n) is 4.75. The van der Waals surface area contributed by atoms with Gasteiger partial charge in [-0.15, -0.1) is 25.6 Å². The Balaban J connectivity index is 0.00000324. The number of benzene rings is 1. The molecule has 0 heterocycles. The smallest absolute Gasteiger partial charge is 0.406 e. The average molecular weight is 308 g/mol. The normalized spacial score (nSPS) is 13.6. The Morgan fingerprint density at radius 2 is 1.58 bits per heavy atom. The third kappa shape index (κ3) is 5.17. The number of aliphatic hydroxyl groups is 1. The highest BCUT2D eigenvalue weighted by atomic mass is 35.5. The first-order valence-corrected chi connectivity index (χ1v) is 4.75. The summed E-state index contributed by atoms with van der Waals surface area (Å²) in [7, 11) is 0. The van der Waals surface area contributed by atoms with Gasteiger partial charge in [-0.25, -0.2) is 8.78 Å². The largest absolute Gasteiger partial charge is 0.573 e. The van der Waals surface area contributed by atoms with Crippen LogP contribution >= 0.6 is 12.4 Å². The minimum absolute atomic E-state index is 0. The fourth-order valence-electron chi connectivity index (χ4n) is 1.22. The summed E-state index contributed by atoms with van der Waals surface area (Å²) in [6.07, 6.45) is -4.85. The molecule has 0 fully saturated rings. The molecule has 3 N–H and O–H groups in total. The lowest BCUT2D eigenvalue weighted by molar-refractivity contribution is -0.274. The van der Waals surface area contributed by atoms with Crippen LogP contribution in [0.4, 0.5) is 22.0 Å². The Labute approximate surface area is 111 Å². The van der Waals surface area contributed by atoms with Gasteiger partial charge in [0, 0.05) is 0 Å². The minimum Gasteiger partial charge on any atom is -0.406 e. The molecule has 9 heteroatoms. The van der Waals surface area contributed by atoms with Crippen LogP contribution in [-0.2, 0) is 0 Å². The van der Waals surface area contributed by atoms with Crippen LogP contribution in [0.1, 0.15) is 11.6 Å². The molecule has 0 amide bonds. The minimum atomic E-state index is -4.85. The Morgan fingerprint density at radius 3 is 1.95 bits per heavy atom. The van der Waals surface area contributed by atoms with Crippen LogP contribution in [0.5, 0.6) is 5.75 Å². The Kier molecular flexibility index (Phi) is 5.98. The van der Waals surface area contributed by atoms with Gasteiger partial charge in [-0.3, -0.25) is 0 Å². The monoisotopic (exact) mass is 307 g/mol. The van der Waals surface area contributed by atoms with E-state index in [0.29, 0.717) is 0 Å². The molecular weight excluding hydrogens is 297 g/mol. The third-order valence-electron chi connectivity index (χ3n) is 2.14. The summed E-state index contributed by atoms with van der Waals surface area (Å²) in [4.78, 5) is 0. The van der Waals surface area contributed by atoms with Gasteiger partial charge in [-0.05, 0) is 17.7 Å². The van der Waals surface area contributed by atoms with Crippen molar-refractivity contribution in [3.05, 3.63) is 29.8 Å². The number of rotatable bonds is 4. The molecule has 0 bridgehead atoms. The number of hydrogen-bond donors (Lipinski definition) is 2. The summed E-state index contributed by atoms with van der Waals surface area (Å²) in [6, 6.07) is 1.90. The molecule has 1 atom stereocenters. The maximum atomic E-state index is 13.0. The predicted molar refractivity (Wildman–Crippen MR) is 59.3 cm³/mol. The summed E-state index contributed by atoms with van der Waals surface area (Å²) in [5, 5.41) is 8.43. The molecule has 0 spiro atoms. The van der Waals surface area contributed by atoms with Gasteiger partial charge >= 0.3 is 6.36 Å². The van der Waals surface area contributed by atoms with E-state index in [2.05, 4.69) is 4.74 Å². The van der Waals surface area contributed by atoms with Crippen molar-refractivity contribution >= 4 is 12.4 Å². The highest BCUT2D eigenvalue weighted by Crippen LogP contribution is 2.30. The summed E-state index contributed by atoms with van der Waals surface area (Å²) >= 11 is 0. The van der Waals surface area contributed by atoms with Crippen molar-refractivity contribution in [3.8, 4) is 5.75 Å². The van der Waals surface area contributed by atoms with Crippen LogP contribution in [-0.4, -0.2) is 24.0 Å². The van der Waals surface area contributed by atoms with E-state index in [-0.39, 0.29) is 18.0 Å². The number of alkyl halides is 5. The molecule has 0 saturated carbocycles. The van der Waals surface area contributed by atoms with Crippen molar-refractivity contribution in [2.24, 2.45) is 5.73 Å². The number of aliphatic hydroxyl groups excluding tert-OH is 1. The Morgan fingerprint density at radius 1 is 1.11 bits per heavy atom. The molecule has 0 aliphatic rings. The maximum Gasteiger partial charge on any atom is 0.573 e. The van der Waals surface area contributed by atoms with Gasteiger partial charge in [0.05, 0.1) is 6.04 Å². The highest BCUT2D eigenvalue weighted by molar-refractivity contribution is 5.85. The van der Waals surface area contributed by atoms with Crippen molar-refractivity contribution in [2.75, 3.05) is 6.61 Å². The molecule has 0 saturated heterocycles. The molecule has 0 radical (unpaired) electrons. The SMILES string of the molecule is Cl.N[C@H](c1ccc(OC(F)(F)F)cc1)C(F)(F)CO. The van der Waals surface area contributed by atoms with Crippen molar-refractivity contribution in [3.63, 3.8) is 0 Å². The third-order valence-corrected chi connectivity index (χ3v) is 2.14. The van der Waals surface area contributed by atoms with Gasteiger partial charge in [-0.2, -0.15) is 0 Å². The van der Waals surface area contributed by atoms with E-state index >= 15 is 0 Å². The number of hydrogen-bond acceptors (Lipinski definition) is 3. The van der Waals surface area contributed by atoms with Crippen LogP contribution in [0.15, 0.2) is 24.3 Å². The molecule has 3 nitrogen and oxygen atoms in total. The topological polar surface area (TPSA) is 55.5 Å². The zero-order chi connectivity index (χ0) is 14.0. The van der Waals surface area contributed by atoms with Gasteiger partial charge in [-0.1, -0.05) is 12.1 Å². The number of nitrogens with two attached hydrogens (primary N) is 1. The molecular formula is C10H11ClF5NO2. The Hall–Kier alpha value is -1.12. The lowest BCUT2D eigenvalue weighted by Crippen LogP contribution is -2.36. The average Bonchev–Trinajstić information content (AvgIpc) is 2.27. The summed E-state index contributed by atoms with van der Waals surface area (Å²) in [6.45, 7) is -1.45. The van der Waals surface area contributed by atoms with E-state index in [9.17, 15) is 22.0 Å². The first-order chi connectivity index (χ1) is 8.15. The first kappa shape index (κ1) is 17.9. The molecule has 110 valence electrons. The Bertz CT molecular complexity index is 396. The molecule has 0 aliphatic heterocycles. The van der Waals surface area contributed by atoms with E-state index in [1.54, 1.807) is 0 Å². The van der Waals surface area contributed by atoms with Crippen LogP contribution in [0.3, 0.4) is 0 Å². The highest BCUT2D eigenvalue weighted by Gasteiger charge is 2.37. The molecule has 1 rings (SSSR count). The molecule has 1 aromatic rings. The van der Waals surface area contributed by atoms with Gasteiger partial charge in [0.15, 0.2) is 0 Å². The zero-order valence-corrected chi connectivity index (χ0v) is 10.1. The molecule has 0 aromatic heterocycles. The van der Waals surface area contributed by atoms with Crippen molar-refractivity contribution < 1.29 is 31.8 Å². The molecule has 0 unspecified atom stereocenters. The second-order valence-corrected chi connectivity index (χ2v) is 3.51. The predicted octanol–water partition coefficient (Wildman–Crippen LogP) is 2.63. The molecule has 0 aliphatic carbocycles. The van der Waals surface area contributed by atoms with Crippen LogP contribution < -0.4 is 10.5 Å². The summed E-state index contributed by atoms with van der Waals surface area (Å²) in [5.74, 6) is -4.09.